The van der Waals surface area contributed by atoms with Crippen molar-refractivity contribution in [3.8, 4) is 0 Å². The van der Waals surface area contributed by atoms with Crippen LogP contribution in [0.4, 0.5) is 0 Å². The van der Waals surface area contributed by atoms with Crippen molar-refractivity contribution in [1.29, 1.82) is 0 Å². The van der Waals surface area contributed by atoms with Crippen molar-refractivity contribution in [1.82, 2.24) is 4.90 Å². The lowest BCUT2D eigenvalue weighted by Gasteiger charge is -2.32. The van der Waals surface area contributed by atoms with Gasteiger partial charge in [0.2, 0.25) is 5.91 Å². The maximum Gasteiger partial charge on any atom is 0.222 e. The molecule has 0 saturated carbocycles. The number of likely N-dealkylation sites (tertiary alicyclic amines) is 1. The Kier molecular flexibility index (Phi) is 4.22. The van der Waals surface area contributed by atoms with E-state index in [-0.39, 0.29) is 0 Å². The third-order valence-corrected chi connectivity index (χ3v) is 3.81. The molecule has 0 unspecified atom stereocenters. The molecule has 16 heavy (non-hydrogen) atoms. The van der Waals surface area contributed by atoms with E-state index >= 15 is 0 Å². The number of carbonyl (C=O) groups excluding carboxylic acids is 1. The molecule has 0 aromatic carbocycles. The Labute approximate surface area is 98.1 Å². The van der Waals surface area contributed by atoms with Gasteiger partial charge in [0.25, 0.3) is 0 Å². The highest BCUT2D eigenvalue weighted by Crippen LogP contribution is 2.22. The maximum atomic E-state index is 12.1. The molecule has 0 aliphatic carbocycles. The largest absolute Gasteiger partial charge is 0.381 e. The molecular formula is C13H23NO2. The quantitative estimate of drug-likeness (QED) is 0.720. The van der Waals surface area contributed by atoms with Crippen LogP contribution in [0.5, 0.6) is 0 Å². The average molecular weight is 225 g/mol. The van der Waals surface area contributed by atoms with E-state index in [0.717, 1.165) is 45.6 Å². The first-order valence-corrected chi connectivity index (χ1v) is 6.61. The molecule has 1 atom stereocenters. The normalized spacial score (nSPS) is 28.1. The SMILES string of the molecule is C[C@@H]1CCCN(C(=O)CC2CCOCC2)C1. The first-order valence-electron chi connectivity index (χ1n) is 6.61. The lowest BCUT2D eigenvalue weighted by Crippen LogP contribution is -2.40. The van der Waals surface area contributed by atoms with Crippen molar-refractivity contribution >= 4 is 5.91 Å². The second kappa shape index (κ2) is 5.67. The van der Waals surface area contributed by atoms with Crippen molar-refractivity contribution in [2.24, 2.45) is 11.8 Å². The van der Waals surface area contributed by atoms with Gasteiger partial charge >= 0.3 is 0 Å². The van der Waals surface area contributed by atoms with E-state index in [1.54, 1.807) is 0 Å². The molecule has 92 valence electrons. The highest BCUT2D eigenvalue weighted by molar-refractivity contribution is 5.76. The van der Waals surface area contributed by atoms with E-state index in [9.17, 15) is 4.79 Å². The number of hydrogen-bond donors (Lipinski definition) is 0. The van der Waals surface area contributed by atoms with Gasteiger partial charge in [-0.05, 0) is 37.5 Å². The summed E-state index contributed by atoms with van der Waals surface area (Å²) in [5.74, 6) is 1.63. The Hall–Kier alpha value is -0.570. The van der Waals surface area contributed by atoms with Gasteiger partial charge < -0.3 is 9.64 Å². The van der Waals surface area contributed by atoms with Crippen molar-refractivity contribution in [2.75, 3.05) is 26.3 Å². The summed E-state index contributed by atoms with van der Waals surface area (Å²) in [7, 11) is 0. The van der Waals surface area contributed by atoms with E-state index in [0.29, 0.717) is 17.7 Å². The minimum Gasteiger partial charge on any atom is -0.381 e. The molecule has 2 fully saturated rings. The third kappa shape index (κ3) is 3.21. The zero-order valence-corrected chi connectivity index (χ0v) is 10.3. The van der Waals surface area contributed by atoms with Gasteiger partial charge in [0.15, 0.2) is 0 Å². The molecule has 1 amide bonds. The van der Waals surface area contributed by atoms with Gasteiger partial charge in [0.05, 0.1) is 0 Å². The third-order valence-electron chi connectivity index (χ3n) is 3.81. The van der Waals surface area contributed by atoms with E-state index in [4.69, 9.17) is 4.74 Å². The molecule has 2 aliphatic heterocycles. The second-order valence-electron chi connectivity index (χ2n) is 5.35. The fraction of sp³-hybridized carbons (Fsp3) is 0.923. The Morgan fingerprint density at radius 2 is 2.06 bits per heavy atom. The number of amides is 1. The lowest BCUT2D eigenvalue weighted by atomic mass is 9.94. The Morgan fingerprint density at radius 3 is 2.75 bits per heavy atom. The van der Waals surface area contributed by atoms with Gasteiger partial charge in [-0.1, -0.05) is 6.92 Å². The molecule has 0 bridgehead atoms. The fourth-order valence-electron chi connectivity index (χ4n) is 2.74. The van der Waals surface area contributed by atoms with E-state index in [2.05, 4.69) is 11.8 Å². The minimum absolute atomic E-state index is 0.374. The van der Waals surface area contributed by atoms with Crippen molar-refractivity contribution in [3.63, 3.8) is 0 Å². The highest BCUT2D eigenvalue weighted by Gasteiger charge is 2.24. The topological polar surface area (TPSA) is 29.5 Å². The van der Waals surface area contributed by atoms with Crippen LogP contribution in [0.1, 0.15) is 39.0 Å². The number of nitrogens with zero attached hydrogens (tertiary/aromatic N) is 1. The monoisotopic (exact) mass is 225 g/mol. The Bertz CT molecular complexity index is 236. The molecule has 0 radical (unpaired) electrons. The van der Waals surface area contributed by atoms with Crippen molar-refractivity contribution < 1.29 is 9.53 Å². The molecule has 2 rings (SSSR count). The Balaban J connectivity index is 1.77. The number of piperidine rings is 1. The molecule has 0 aromatic heterocycles. The van der Waals surface area contributed by atoms with Gasteiger partial charge in [-0.25, -0.2) is 0 Å². The van der Waals surface area contributed by atoms with Crippen LogP contribution in [-0.2, 0) is 9.53 Å². The molecule has 2 heterocycles. The summed E-state index contributed by atoms with van der Waals surface area (Å²) in [5.41, 5.74) is 0. The summed E-state index contributed by atoms with van der Waals surface area (Å²) in [6.07, 6.45) is 5.34. The first-order chi connectivity index (χ1) is 7.75. The van der Waals surface area contributed by atoms with Gasteiger partial charge in [0, 0.05) is 32.7 Å². The van der Waals surface area contributed by atoms with Crippen LogP contribution in [0.3, 0.4) is 0 Å². The van der Waals surface area contributed by atoms with Crippen LogP contribution in [0.2, 0.25) is 0 Å². The minimum atomic E-state index is 0.374. The summed E-state index contributed by atoms with van der Waals surface area (Å²) in [6, 6.07) is 0. The molecule has 2 saturated heterocycles. The lowest BCUT2D eigenvalue weighted by molar-refractivity contribution is -0.134. The Morgan fingerprint density at radius 1 is 1.31 bits per heavy atom. The maximum absolute atomic E-state index is 12.1. The summed E-state index contributed by atoms with van der Waals surface area (Å²) < 4.78 is 5.32. The average Bonchev–Trinajstić information content (AvgIpc) is 2.30. The van der Waals surface area contributed by atoms with E-state index in [1.807, 2.05) is 0 Å². The zero-order chi connectivity index (χ0) is 11.4. The van der Waals surface area contributed by atoms with Gasteiger partial charge in [-0.2, -0.15) is 0 Å². The molecule has 0 N–H and O–H groups in total. The zero-order valence-electron chi connectivity index (χ0n) is 10.3. The predicted octanol–water partition coefficient (Wildman–Crippen LogP) is 2.06. The second-order valence-corrected chi connectivity index (χ2v) is 5.35. The number of hydrogen-bond acceptors (Lipinski definition) is 2. The van der Waals surface area contributed by atoms with Crippen molar-refractivity contribution in [2.45, 2.75) is 39.0 Å². The highest BCUT2D eigenvalue weighted by atomic mass is 16.5. The summed E-state index contributed by atoms with van der Waals surface area (Å²) >= 11 is 0. The standard InChI is InChI=1S/C13H23NO2/c1-11-3-2-6-14(10-11)13(15)9-12-4-7-16-8-5-12/h11-12H,2-10H2,1H3/t11-/m1/s1. The molecule has 3 nitrogen and oxygen atoms in total. The summed E-state index contributed by atoms with van der Waals surface area (Å²) in [6.45, 7) is 5.88. The van der Waals surface area contributed by atoms with Crippen LogP contribution < -0.4 is 0 Å². The molecular weight excluding hydrogens is 202 g/mol. The molecule has 3 heteroatoms. The van der Waals surface area contributed by atoms with E-state index < -0.39 is 0 Å². The van der Waals surface area contributed by atoms with Gasteiger partial charge in [-0.15, -0.1) is 0 Å². The smallest absolute Gasteiger partial charge is 0.222 e. The van der Waals surface area contributed by atoms with Crippen LogP contribution >= 0.6 is 0 Å². The molecule has 0 aromatic rings. The van der Waals surface area contributed by atoms with Crippen LogP contribution in [-0.4, -0.2) is 37.1 Å². The predicted molar refractivity (Wildman–Crippen MR) is 63.1 cm³/mol. The van der Waals surface area contributed by atoms with Crippen LogP contribution in [0, 0.1) is 11.8 Å². The number of carbonyl (C=O) groups is 1. The fourth-order valence-corrected chi connectivity index (χ4v) is 2.74. The summed E-state index contributed by atoms with van der Waals surface area (Å²) in [5, 5.41) is 0. The van der Waals surface area contributed by atoms with Crippen LogP contribution in [0.25, 0.3) is 0 Å². The first kappa shape index (κ1) is 11.9. The van der Waals surface area contributed by atoms with E-state index in [1.165, 1.54) is 12.8 Å². The molecule has 0 spiro atoms. The number of ether oxygens (including phenoxy) is 1. The van der Waals surface area contributed by atoms with Gasteiger partial charge in [0.1, 0.15) is 0 Å². The van der Waals surface area contributed by atoms with Crippen LogP contribution in [0.15, 0.2) is 0 Å². The van der Waals surface area contributed by atoms with Crippen molar-refractivity contribution in [3.05, 3.63) is 0 Å². The number of rotatable bonds is 2. The molecule has 2 aliphatic rings. The summed E-state index contributed by atoms with van der Waals surface area (Å²) in [4.78, 5) is 14.2. The van der Waals surface area contributed by atoms with Gasteiger partial charge in [-0.3, -0.25) is 4.79 Å².